The van der Waals surface area contributed by atoms with Crippen molar-refractivity contribution in [2.45, 2.75) is 31.4 Å². The number of nitrogens with one attached hydrogen (secondary N) is 1. The molecule has 28 heavy (non-hydrogen) atoms. The van der Waals surface area contributed by atoms with Gasteiger partial charge in [0.05, 0.1) is 0 Å². The van der Waals surface area contributed by atoms with Gasteiger partial charge >= 0.3 is 0 Å². The van der Waals surface area contributed by atoms with Crippen molar-refractivity contribution in [2.75, 3.05) is 19.8 Å². The summed E-state index contributed by atoms with van der Waals surface area (Å²) in [5.74, 6) is 1.58. The van der Waals surface area contributed by atoms with Crippen LogP contribution in [0, 0.1) is 0 Å². The maximum absolute atomic E-state index is 10.3. The third-order valence-corrected chi connectivity index (χ3v) is 4.70. The number of ether oxygens (including phenoxy) is 2. The lowest BCUT2D eigenvalue weighted by atomic mass is 9.88. The molecule has 2 aromatic carbocycles. The van der Waals surface area contributed by atoms with E-state index in [9.17, 15) is 10.2 Å². The summed E-state index contributed by atoms with van der Waals surface area (Å²) in [5.41, 5.74) is 2.48. The highest BCUT2D eigenvalue weighted by Gasteiger charge is 2.19. The maximum atomic E-state index is 10.3. The van der Waals surface area contributed by atoms with Crippen molar-refractivity contribution in [2.24, 2.45) is 0 Å². The third kappa shape index (κ3) is 6.16. The van der Waals surface area contributed by atoms with Crippen molar-refractivity contribution in [3.05, 3.63) is 66.2 Å². The van der Waals surface area contributed by atoms with Crippen LogP contribution in [-0.2, 0) is 12.8 Å². The molecule has 2 atom stereocenters. The fourth-order valence-corrected chi connectivity index (χ4v) is 3.30. The van der Waals surface area contributed by atoms with Crippen LogP contribution in [0.3, 0.4) is 0 Å². The molecule has 6 heteroatoms. The largest absolute Gasteiger partial charge is 0.508 e. The average Bonchev–Trinajstić information content (AvgIpc) is 2.69. The molecule has 1 aliphatic rings. The zero-order valence-electron chi connectivity index (χ0n) is 15.8. The first-order chi connectivity index (χ1) is 13.2. The van der Waals surface area contributed by atoms with Gasteiger partial charge in [0.1, 0.15) is 25.1 Å². The molecule has 3 N–H and O–H groups in total. The van der Waals surface area contributed by atoms with E-state index >= 15 is 0 Å². The Hall–Kier alpha value is -2.21. The van der Waals surface area contributed by atoms with E-state index in [-0.39, 0.29) is 19.0 Å². The summed E-state index contributed by atoms with van der Waals surface area (Å²) < 4.78 is 11.3. The monoisotopic (exact) mass is 405 g/mol. The van der Waals surface area contributed by atoms with Gasteiger partial charge < -0.3 is 25.0 Å². The van der Waals surface area contributed by atoms with Crippen LogP contribution in [-0.4, -0.2) is 42.1 Å². The summed E-state index contributed by atoms with van der Waals surface area (Å²) in [6.45, 7) is 4.71. The van der Waals surface area contributed by atoms with Crippen molar-refractivity contribution >= 4 is 12.4 Å². The summed E-state index contributed by atoms with van der Waals surface area (Å²) in [4.78, 5) is 0. The van der Waals surface area contributed by atoms with Gasteiger partial charge in [0.25, 0.3) is 0 Å². The summed E-state index contributed by atoms with van der Waals surface area (Å²) in [6.07, 6.45) is 3.89. The van der Waals surface area contributed by atoms with E-state index in [0.717, 1.165) is 19.3 Å². The Morgan fingerprint density at radius 2 is 1.89 bits per heavy atom. The van der Waals surface area contributed by atoms with Crippen molar-refractivity contribution in [1.82, 2.24) is 5.32 Å². The summed E-state index contributed by atoms with van der Waals surface area (Å²) in [5, 5.41) is 23.3. The number of rotatable bonds is 9. The molecule has 152 valence electrons. The van der Waals surface area contributed by atoms with E-state index < -0.39 is 6.10 Å². The first kappa shape index (κ1) is 22.1. The second kappa shape index (κ2) is 11.0. The molecule has 1 aliphatic carbocycles. The lowest BCUT2D eigenvalue weighted by Gasteiger charge is -2.26. The van der Waals surface area contributed by atoms with E-state index in [2.05, 4.69) is 11.9 Å². The van der Waals surface area contributed by atoms with Crippen LogP contribution in [0.4, 0.5) is 0 Å². The Morgan fingerprint density at radius 1 is 1.14 bits per heavy atom. The van der Waals surface area contributed by atoms with Gasteiger partial charge in [-0.05, 0) is 54.7 Å². The van der Waals surface area contributed by atoms with E-state index in [1.807, 2.05) is 36.4 Å². The molecule has 0 bridgehead atoms. The zero-order chi connectivity index (χ0) is 19.1. The standard InChI is InChI=1S/C22H27NO4.ClH/c1-2-11-26-21-5-3-4-6-22(21)27-15-20(25)14-23-18-9-7-17-13-19(24)10-8-16(17)12-18;/h2-6,8,10,13,18,20,23-25H,1,7,9,11-12,14-15H2;1H. The minimum Gasteiger partial charge on any atom is -0.508 e. The molecule has 0 amide bonds. The van der Waals surface area contributed by atoms with Crippen molar-refractivity contribution in [3.8, 4) is 17.2 Å². The van der Waals surface area contributed by atoms with Gasteiger partial charge in [-0.3, -0.25) is 0 Å². The van der Waals surface area contributed by atoms with Gasteiger partial charge in [-0.25, -0.2) is 0 Å². The number of para-hydroxylation sites is 2. The molecule has 0 radical (unpaired) electrons. The van der Waals surface area contributed by atoms with Gasteiger partial charge in [-0.1, -0.05) is 30.9 Å². The van der Waals surface area contributed by atoms with Crippen LogP contribution in [0.2, 0.25) is 0 Å². The second-order valence-corrected chi connectivity index (χ2v) is 6.81. The number of phenolic OH excluding ortho intramolecular Hbond substituents is 1. The van der Waals surface area contributed by atoms with Crippen LogP contribution in [0.1, 0.15) is 17.5 Å². The topological polar surface area (TPSA) is 71.0 Å². The van der Waals surface area contributed by atoms with Crippen LogP contribution in [0.15, 0.2) is 55.1 Å². The highest BCUT2D eigenvalue weighted by atomic mass is 35.5. The number of benzene rings is 2. The van der Waals surface area contributed by atoms with Crippen molar-refractivity contribution in [3.63, 3.8) is 0 Å². The number of halogens is 1. The molecule has 0 saturated carbocycles. The summed E-state index contributed by atoms with van der Waals surface area (Å²) in [6, 6.07) is 13.3. The number of hydrogen-bond donors (Lipinski definition) is 3. The first-order valence-corrected chi connectivity index (χ1v) is 9.33. The van der Waals surface area contributed by atoms with Crippen LogP contribution < -0.4 is 14.8 Å². The smallest absolute Gasteiger partial charge is 0.161 e. The number of aliphatic hydroxyl groups is 1. The first-order valence-electron chi connectivity index (χ1n) is 9.33. The molecular formula is C22H28ClNO4. The van der Waals surface area contributed by atoms with Crippen LogP contribution in [0.5, 0.6) is 17.2 Å². The highest BCUT2D eigenvalue weighted by Crippen LogP contribution is 2.27. The summed E-state index contributed by atoms with van der Waals surface area (Å²) >= 11 is 0. The lowest BCUT2D eigenvalue weighted by molar-refractivity contribution is 0.101. The number of hydrogen-bond acceptors (Lipinski definition) is 5. The fourth-order valence-electron chi connectivity index (χ4n) is 3.30. The SMILES string of the molecule is C=CCOc1ccccc1OCC(O)CNC1CCc2cc(O)ccc2C1.Cl. The molecule has 3 rings (SSSR count). The Morgan fingerprint density at radius 3 is 2.64 bits per heavy atom. The van der Waals surface area contributed by atoms with Crippen molar-refractivity contribution in [1.29, 1.82) is 0 Å². The van der Waals surface area contributed by atoms with Gasteiger partial charge in [0.2, 0.25) is 0 Å². The Bertz CT molecular complexity index is 768. The van der Waals surface area contributed by atoms with Crippen LogP contribution >= 0.6 is 12.4 Å². The average molecular weight is 406 g/mol. The number of phenols is 1. The Kier molecular flexibility index (Phi) is 8.64. The number of aromatic hydroxyl groups is 1. The molecule has 5 nitrogen and oxygen atoms in total. The highest BCUT2D eigenvalue weighted by molar-refractivity contribution is 5.85. The Balaban J connectivity index is 0.00000280. The molecular weight excluding hydrogens is 378 g/mol. The van der Waals surface area contributed by atoms with Crippen molar-refractivity contribution < 1.29 is 19.7 Å². The minimum absolute atomic E-state index is 0. The minimum atomic E-state index is -0.612. The van der Waals surface area contributed by atoms with E-state index in [4.69, 9.17) is 9.47 Å². The zero-order valence-corrected chi connectivity index (χ0v) is 16.7. The third-order valence-electron chi connectivity index (χ3n) is 4.70. The normalized spacial score (nSPS) is 16.4. The van der Waals surface area contributed by atoms with Crippen LogP contribution in [0.25, 0.3) is 0 Å². The molecule has 0 heterocycles. The van der Waals surface area contributed by atoms with Gasteiger partial charge in [-0.15, -0.1) is 12.4 Å². The second-order valence-electron chi connectivity index (χ2n) is 6.81. The fraction of sp³-hybridized carbons (Fsp3) is 0.364. The predicted molar refractivity (Wildman–Crippen MR) is 113 cm³/mol. The van der Waals surface area contributed by atoms with E-state index in [1.54, 1.807) is 12.1 Å². The molecule has 0 aliphatic heterocycles. The maximum Gasteiger partial charge on any atom is 0.161 e. The lowest BCUT2D eigenvalue weighted by Crippen LogP contribution is -2.40. The van der Waals surface area contributed by atoms with Gasteiger partial charge in [0.15, 0.2) is 11.5 Å². The predicted octanol–water partition coefficient (Wildman–Crippen LogP) is 3.27. The molecule has 2 aromatic rings. The van der Waals surface area contributed by atoms with E-state index in [1.165, 1.54) is 11.1 Å². The van der Waals surface area contributed by atoms with Gasteiger partial charge in [0, 0.05) is 12.6 Å². The molecule has 0 spiro atoms. The van der Waals surface area contributed by atoms with Gasteiger partial charge in [-0.2, -0.15) is 0 Å². The Labute approximate surface area is 172 Å². The molecule has 2 unspecified atom stereocenters. The van der Waals surface area contributed by atoms with E-state index in [0.29, 0.717) is 36.4 Å². The number of aryl methyl sites for hydroxylation is 1. The molecule has 0 saturated heterocycles. The quantitative estimate of drug-likeness (QED) is 0.558. The summed E-state index contributed by atoms with van der Waals surface area (Å²) in [7, 11) is 0. The molecule has 0 aromatic heterocycles. The molecule has 0 fully saturated rings. The number of aliphatic hydroxyl groups excluding tert-OH is 1. The number of fused-ring (bicyclic) bond motifs is 1.